The first kappa shape index (κ1) is 16.1. The molecule has 2 aromatic heterocycles. The maximum Gasteiger partial charge on any atom is 0.241 e. The van der Waals surface area contributed by atoms with Crippen LogP contribution in [0.5, 0.6) is 0 Å². The highest BCUT2D eigenvalue weighted by molar-refractivity contribution is 5.94. The highest BCUT2D eigenvalue weighted by Gasteiger charge is 2.19. The zero-order valence-electron chi connectivity index (χ0n) is 13.8. The summed E-state index contributed by atoms with van der Waals surface area (Å²) < 4.78 is 1.91. The molecule has 0 bridgehead atoms. The Morgan fingerprint density at radius 2 is 2.04 bits per heavy atom. The predicted octanol–water partition coefficient (Wildman–Crippen LogP) is 2.73. The molecule has 124 valence electrons. The first-order valence-electron chi connectivity index (χ1n) is 8.05. The Kier molecular flexibility index (Phi) is 4.57. The zero-order valence-corrected chi connectivity index (χ0v) is 13.8. The van der Waals surface area contributed by atoms with Gasteiger partial charge >= 0.3 is 0 Å². The van der Waals surface area contributed by atoms with Crippen LogP contribution >= 0.6 is 0 Å². The minimum atomic E-state index is -0.521. The van der Waals surface area contributed by atoms with E-state index in [0.717, 1.165) is 23.3 Å². The standard InChI is InChI=1S/C18H21N5O/c1-3-12(2)17(19)18(24)22-13-8-9-16(20-10-13)23-11-21-14-6-4-5-7-15(14)23/h4-12,17H,3,19H2,1-2H3,(H,22,24). The van der Waals surface area contributed by atoms with Crippen molar-refractivity contribution in [2.75, 3.05) is 5.32 Å². The average molecular weight is 323 g/mol. The fourth-order valence-electron chi connectivity index (χ4n) is 2.48. The van der Waals surface area contributed by atoms with Crippen LogP contribution in [0.4, 0.5) is 5.69 Å². The van der Waals surface area contributed by atoms with Crippen molar-refractivity contribution in [1.82, 2.24) is 14.5 Å². The lowest BCUT2D eigenvalue weighted by Crippen LogP contribution is -2.40. The van der Waals surface area contributed by atoms with Gasteiger partial charge < -0.3 is 11.1 Å². The number of benzene rings is 1. The highest BCUT2D eigenvalue weighted by Crippen LogP contribution is 2.18. The molecule has 2 unspecified atom stereocenters. The number of anilines is 1. The van der Waals surface area contributed by atoms with Gasteiger partial charge in [0.25, 0.3) is 0 Å². The van der Waals surface area contributed by atoms with Crippen LogP contribution in [0.2, 0.25) is 0 Å². The van der Waals surface area contributed by atoms with E-state index in [1.807, 2.05) is 54.8 Å². The van der Waals surface area contributed by atoms with E-state index in [4.69, 9.17) is 5.73 Å². The van der Waals surface area contributed by atoms with Crippen molar-refractivity contribution in [2.24, 2.45) is 11.7 Å². The summed E-state index contributed by atoms with van der Waals surface area (Å²) in [6.45, 7) is 3.99. The third-order valence-electron chi connectivity index (χ3n) is 4.28. The number of aromatic nitrogens is 3. The summed E-state index contributed by atoms with van der Waals surface area (Å²) >= 11 is 0. The SMILES string of the molecule is CCC(C)C(N)C(=O)Nc1ccc(-n2cnc3ccccc32)nc1. The van der Waals surface area contributed by atoms with Crippen molar-refractivity contribution >= 4 is 22.6 Å². The van der Waals surface area contributed by atoms with Gasteiger partial charge in [-0.2, -0.15) is 0 Å². The fraction of sp³-hybridized carbons (Fsp3) is 0.278. The lowest BCUT2D eigenvalue weighted by Gasteiger charge is -2.17. The first-order valence-corrected chi connectivity index (χ1v) is 8.05. The van der Waals surface area contributed by atoms with Crippen LogP contribution < -0.4 is 11.1 Å². The van der Waals surface area contributed by atoms with E-state index in [-0.39, 0.29) is 11.8 Å². The number of carbonyl (C=O) groups excluding carboxylic acids is 1. The Morgan fingerprint density at radius 1 is 1.25 bits per heavy atom. The van der Waals surface area contributed by atoms with Crippen molar-refractivity contribution in [3.05, 3.63) is 48.9 Å². The molecule has 2 heterocycles. The van der Waals surface area contributed by atoms with Crippen LogP contribution in [0.1, 0.15) is 20.3 Å². The number of nitrogens with two attached hydrogens (primary N) is 1. The number of nitrogens with zero attached hydrogens (tertiary/aromatic N) is 3. The Morgan fingerprint density at radius 3 is 2.75 bits per heavy atom. The largest absolute Gasteiger partial charge is 0.323 e. The van der Waals surface area contributed by atoms with Gasteiger partial charge in [0.2, 0.25) is 5.91 Å². The third kappa shape index (κ3) is 3.14. The second-order valence-corrected chi connectivity index (χ2v) is 5.91. The van der Waals surface area contributed by atoms with E-state index >= 15 is 0 Å². The molecule has 1 amide bonds. The lowest BCUT2D eigenvalue weighted by molar-refractivity contribution is -0.118. The van der Waals surface area contributed by atoms with Crippen LogP contribution in [0, 0.1) is 5.92 Å². The normalized spacial score (nSPS) is 13.6. The topological polar surface area (TPSA) is 85.8 Å². The summed E-state index contributed by atoms with van der Waals surface area (Å²) in [6, 6.07) is 11.0. The average Bonchev–Trinajstić information content (AvgIpc) is 3.05. The number of carbonyl (C=O) groups is 1. The van der Waals surface area contributed by atoms with Gasteiger partial charge in [0.05, 0.1) is 29.0 Å². The van der Waals surface area contributed by atoms with Crippen LogP contribution in [-0.4, -0.2) is 26.5 Å². The summed E-state index contributed by atoms with van der Waals surface area (Å²) in [5.74, 6) is 0.689. The molecular weight excluding hydrogens is 302 g/mol. The van der Waals surface area contributed by atoms with E-state index < -0.39 is 6.04 Å². The number of imidazole rings is 1. The van der Waals surface area contributed by atoms with Crippen molar-refractivity contribution in [3.63, 3.8) is 0 Å². The number of para-hydroxylation sites is 2. The van der Waals surface area contributed by atoms with Crippen molar-refractivity contribution < 1.29 is 4.79 Å². The molecule has 0 aliphatic carbocycles. The molecule has 0 radical (unpaired) electrons. The second-order valence-electron chi connectivity index (χ2n) is 5.91. The number of hydrogen-bond acceptors (Lipinski definition) is 4. The number of fused-ring (bicyclic) bond motifs is 1. The van der Waals surface area contributed by atoms with Crippen LogP contribution in [0.25, 0.3) is 16.9 Å². The Balaban J connectivity index is 1.77. The first-order chi connectivity index (χ1) is 11.6. The second kappa shape index (κ2) is 6.80. The van der Waals surface area contributed by atoms with Gasteiger partial charge in [0.15, 0.2) is 0 Å². The molecule has 0 spiro atoms. The van der Waals surface area contributed by atoms with Crippen molar-refractivity contribution in [1.29, 1.82) is 0 Å². The number of rotatable bonds is 5. The molecule has 6 nitrogen and oxygen atoms in total. The molecule has 6 heteroatoms. The van der Waals surface area contributed by atoms with E-state index in [2.05, 4.69) is 15.3 Å². The zero-order chi connectivity index (χ0) is 17.1. The van der Waals surface area contributed by atoms with Crippen LogP contribution in [-0.2, 0) is 4.79 Å². The molecule has 24 heavy (non-hydrogen) atoms. The van der Waals surface area contributed by atoms with Gasteiger partial charge in [-0.3, -0.25) is 9.36 Å². The van der Waals surface area contributed by atoms with Gasteiger partial charge in [-0.1, -0.05) is 32.4 Å². The molecule has 0 saturated carbocycles. The van der Waals surface area contributed by atoms with Crippen LogP contribution in [0.15, 0.2) is 48.9 Å². The maximum atomic E-state index is 12.1. The minimum absolute atomic E-state index is 0.134. The Labute approximate surface area is 140 Å². The number of amides is 1. The van der Waals surface area contributed by atoms with Gasteiger partial charge in [0.1, 0.15) is 12.1 Å². The molecule has 0 fully saturated rings. The lowest BCUT2D eigenvalue weighted by atomic mass is 9.99. The van der Waals surface area contributed by atoms with Gasteiger partial charge in [0, 0.05) is 0 Å². The summed E-state index contributed by atoms with van der Waals surface area (Å²) in [5.41, 5.74) is 8.47. The smallest absolute Gasteiger partial charge is 0.241 e. The maximum absolute atomic E-state index is 12.1. The van der Waals surface area contributed by atoms with E-state index in [1.165, 1.54) is 0 Å². The fourth-order valence-corrected chi connectivity index (χ4v) is 2.48. The van der Waals surface area contributed by atoms with Gasteiger partial charge in [-0.25, -0.2) is 9.97 Å². The molecule has 3 N–H and O–H groups in total. The third-order valence-corrected chi connectivity index (χ3v) is 4.28. The van der Waals surface area contributed by atoms with E-state index in [0.29, 0.717) is 5.69 Å². The summed E-state index contributed by atoms with van der Waals surface area (Å²) in [5, 5.41) is 2.82. The quantitative estimate of drug-likeness (QED) is 0.756. The minimum Gasteiger partial charge on any atom is -0.323 e. The molecule has 0 aliphatic heterocycles. The predicted molar refractivity (Wildman–Crippen MR) is 94.9 cm³/mol. The number of pyridine rings is 1. The van der Waals surface area contributed by atoms with E-state index in [1.54, 1.807) is 12.5 Å². The van der Waals surface area contributed by atoms with Gasteiger partial charge in [-0.05, 0) is 30.2 Å². The van der Waals surface area contributed by atoms with Crippen molar-refractivity contribution in [3.8, 4) is 5.82 Å². The molecular formula is C18H21N5O. The van der Waals surface area contributed by atoms with E-state index in [9.17, 15) is 4.79 Å². The molecule has 3 rings (SSSR count). The van der Waals surface area contributed by atoms with Crippen molar-refractivity contribution in [2.45, 2.75) is 26.3 Å². The van der Waals surface area contributed by atoms with Crippen LogP contribution in [0.3, 0.4) is 0 Å². The summed E-state index contributed by atoms with van der Waals surface area (Å²) in [6.07, 6.45) is 4.23. The summed E-state index contributed by atoms with van der Waals surface area (Å²) in [4.78, 5) is 20.9. The number of hydrogen-bond donors (Lipinski definition) is 2. The molecule has 2 atom stereocenters. The Bertz CT molecular complexity index is 840. The Hall–Kier alpha value is -2.73. The summed E-state index contributed by atoms with van der Waals surface area (Å²) in [7, 11) is 0. The molecule has 0 aliphatic rings. The molecule has 3 aromatic rings. The number of nitrogens with one attached hydrogen (secondary N) is 1. The highest BCUT2D eigenvalue weighted by atomic mass is 16.2. The monoisotopic (exact) mass is 323 g/mol. The van der Waals surface area contributed by atoms with Gasteiger partial charge in [-0.15, -0.1) is 0 Å². The molecule has 0 saturated heterocycles. The molecule has 1 aromatic carbocycles.